The van der Waals surface area contributed by atoms with E-state index in [1.807, 2.05) is 0 Å². The minimum atomic E-state index is 0.223. The Bertz CT molecular complexity index is 299. The van der Waals surface area contributed by atoms with Crippen LogP contribution in [0.4, 0.5) is 5.00 Å². The number of anilines is 1. The van der Waals surface area contributed by atoms with Gasteiger partial charge in [0.1, 0.15) is 10.7 Å². The molecule has 1 saturated heterocycles. The van der Waals surface area contributed by atoms with E-state index in [2.05, 4.69) is 21.8 Å². The zero-order valence-corrected chi connectivity index (χ0v) is 9.55. The predicted octanol–water partition coefficient (Wildman–Crippen LogP) is 1.28. The lowest BCUT2D eigenvalue weighted by Crippen LogP contribution is -2.12. The molecule has 1 aliphatic heterocycles. The third kappa shape index (κ3) is 2.87. The lowest BCUT2D eigenvalue weighted by molar-refractivity contribution is 0.0304. The topological polar surface area (TPSA) is 56.3 Å². The van der Waals surface area contributed by atoms with Gasteiger partial charge < -0.3 is 14.8 Å². The van der Waals surface area contributed by atoms with Gasteiger partial charge in [-0.05, 0) is 13.3 Å². The van der Waals surface area contributed by atoms with Gasteiger partial charge in [0, 0.05) is 24.7 Å². The summed E-state index contributed by atoms with van der Waals surface area (Å²) in [5.41, 5.74) is 0.897. The average Bonchev–Trinajstić information content (AvgIpc) is 2.85. The van der Waals surface area contributed by atoms with Gasteiger partial charge in [-0.3, -0.25) is 0 Å². The Morgan fingerprint density at radius 1 is 1.67 bits per heavy atom. The van der Waals surface area contributed by atoms with Crippen LogP contribution in [0.1, 0.15) is 19.0 Å². The van der Waals surface area contributed by atoms with Gasteiger partial charge in [-0.2, -0.15) is 0 Å². The quantitative estimate of drug-likeness (QED) is 0.824. The van der Waals surface area contributed by atoms with Gasteiger partial charge in [-0.1, -0.05) is 4.49 Å². The summed E-state index contributed by atoms with van der Waals surface area (Å²) < 4.78 is 14.8. The van der Waals surface area contributed by atoms with Crippen molar-refractivity contribution >= 4 is 16.5 Å². The van der Waals surface area contributed by atoms with Crippen LogP contribution < -0.4 is 5.32 Å². The van der Waals surface area contributed by atoms with Gasteiger partial charge in [-0.15, -0.1) is 5.10 Å². The van der Waals surface area contributed by atoms with E-state index >= 15 is 0 Å². The highest BCUT2D eigenvalue weighted by molar-refractivity contribution is 7.10. The SMILES string of the molecule is CCNc1snnc1COC1CCOC1. The van der Waals surface area contributed by atoms with Gasteiger partial charge in [0.2, 0.25) is 0 Å². The molecule has 6 heteroatoms. The molecule has 1 unspecified atom stereocenters. The molecule has 5 nitrogen and oxygen atoms in total. The number of nitrogens with one attached hydrogen (secondary N) is 1. The minimum absolute atomic E-state index is 0.223. The fraction of sp³-hybridized carbons (Fsp3) is 0.778. The first-order chi connectivity index (χ1) is 7.40. The third-order valence-corrected chi connectivity index (χ3v) is 2.96. The largest absolute Gasteiger partial charge is 0.379 e. The van der Waals surface area contributed by atoms with Gasteiger partial charge in [0.05, 0.1) is 19.3 Å². The van der Waals surface area contributed by atoms with Crippen LogP contribution in [0, 0.1) is 0 Å². The fourth-order valence-corrected chi connectivity index (χ4v) is 2.07. The first-order valence-corrected chi connectivity index (χ1v) is 5.92. The van der Waals surface area contributed by atoms with Crippen molar-refractivity contribution in [2.24, 2.45) is 0 Å². The van der Waals surface area contributed by atoms with Crippen LogP contribution in [0.15, 0.2) is 0 Å². The van der Waals surface area contributed by atoms with E-state index in [4.69, 9.17) is 9.47 Å². The first kappa shape index (κ1) is 10.8. The number of ether oxygens (including phenoxy) is 2. The number of rotatable bonds is 5. The first-order valence-electron chi connectivity index (χ1n) is 5.14. The van der Waals surface area contributed by atoms with Gasteiger partial charge in [-0.25, -0.2) is 0 Å². The number of aromatic nitrogens is 2. The molecule has 1 fully saturated rings. The molecule has 1 atom stereocenters. The summed E-state index contributed by atoms with van der Waals surface area (Å²) in [5.74, 6) is 0. The zero-order chi connectivity index (χ0) is 10.5. The second kappa shape index (κ2) is 5.39. The fourth-order valence-electron chi connectivity index (χ4n) is 1.44. The van der Waals surface area contributed by atoms with Crippen molar-refractivity contribution < 1.29 is 9.47 Å². The number of hydrogen-bond donors (Lipinski definition) is 1. The normalized spacial score (nSPS) is 20.7. The monoisotopic (exact) mass is 229 g/mol. The summed E-state index contributed by atoms with van der Waals surface area (Å²) in [6.45, 7) is 4.96. The van der Waals surface area contributed by atoms with Crippen molar-refractivity contribution in [3.8, 4) is 0 Å². The van der Waals surface area contributed by atoms with Gasteiger partial charge >= 0.3 is 0 Å². The van der Waals surface area contributed by atoms with E-state index in [0.717, 1.165) is 30.3 Å². The molecule has 0 aliphatic carbocycles. The highest BCUT2D eigenvalue weighted by atomic mass is 32.1. The molecule has 0 amide bonds. The lowest BCUT2D eigenvalue weighted by Gasteiger charge is -2.08. The maximum Gasteiger partial charge on any atom is 0.135 e. The molecule has 0 aromatic carbocycles. The van der Waals surface area contributed by atoms with Crippen LogP contribution in [0.2, 0.25) is 0 Å². The Hall–Kier alpha value is -0.720. The average molecular weight is 229 g/mol. The highest BCUT2D eigenvalue weighted by Gasteiger charge is 2.17. The maximum atomic E-state index is 5.67. The third-order valence-electron chi connectivity index (χ3n) is 2.24. The van der Waals surface area contributed by atoms with Crippen LogP contribution in [0.3, 0.4) is 0 Å². The van der Waals surface area contributed by atoms with Crippen LogP contribution in [0.25, 0.3) is 0 Å². The lowest BCUT2D eigenvalue weighted by atomic mass is 10.3. The Balaban J connectivity index is 1.83. The van der Waals surface area contributed by atoms with Crippen LogP contribution >= 0.6 is 11.5 Å². The standard InChI is InChI=1S/C9H15N3O2S/c1-2-10-9-8(11-12-15-9)6-14-7-3-4-13-5-7/h7,10H,2-6H2,1H3. The number of nitrogens with zero attached hydrogens (tertiary/aromatic N) is 2. The van der Waals surface area contributed by atoms with E-state index < -0.39 is 0 Å². The van der Waals surface area contributed by atoms with E-state index in [9.17, 15) is 0 Å². The van der Waals surface area contributed by atoms with Crippen LogP contribution in [-0.2, 0) is 16.1 Å². The molecule has 1 aliphatic rings. The zero-order valence-electron chi connectivity index (χ0n) is 8.73. The van der Waals surface area contributed by atoms with Crippen molar-refractivity contribution in [3.05, 3.63) is 5.69 Å². The molecule has 2 heterocycles. The van der Waals surface area contributed by atoms with Crippen molar-refractivity contribution in [1.29, 1.82) is 0 Å². The molecular formula is C9H15N3O2S. The molecule has 0 bridgehead atoms. The molecular weight excluding hydrogens is 214 g/mol. The molecule has 1 aromatic heterocycles. The molecule has 1 aromatic rings. The smallest absolute Gasteiger partial charge is 0.135 e. The second-order valence-corrected chi connectivity index (χ2v) is 4.13. The van der Waals surface area contributed by atoms with E-state index in [1.54, 1.807) is 0 Å². The van der Waals surface area contributed by atoms with E-state index in [-0.39, 0.29) is 6.10 Å². The summed E-state index contributed by atoms with van der Waals surface area (Å²) >= 11 is 1.37. The highest BCUT2D eigenvalue weighted by Crippen LogP contribution is 2.19. The Labute approximate surface area is 92.9 Å². The molecule has 0 radical (unpaired) electrons. The summed E-state index contributed by atoms with van der Waals surface area (Å²) in [5, 5.41) is 8.26. The summed E-state index contributed by atoms with van der Waals surface area (Å²) in [6.07, 6.45) is 1.20. The number of hydrogen-bond acceptors (Lipinski definition) is 6. The van der Waals surface area contributed by atoms with Crippen molar-refractivity contribution in [2.75, 3.05) is 25.1 Å². The molecule has 2 rings (SSSR count). The summed E-state index contributed by atoms with van der Waals surface area (Å²) in [7, 11) is 0. The summed E-state index contributed by atoms with van der Waals surface area (Å²) in [6, 6.07) is 0. The predicted molar refractivity (Wildman–Crippen MR) is 58.1 cm³/mol. The van der Waals surface area contributed by atoms with Gasteiger partial charge in [0.15, 0.2) is 0 Å². The Morgan fingerprint density at radius 2 is 2.60 bits per heavy atom. The molecule has 0 spiro atoms. The van der Waals surface area contributed by atoms with Crippen molar-refractivity contribution in [3.63, 3.8) is 0 Å². The molecule has 1 N–H and O–H groups in total. The van der Waals surface area contributed by atoms with E-state index in [1.165, 1.54) is 11.5 Å². The van der Waals surface area contributed by atoms with Crippen molar-refractivity contribution in [1.82, 2.24) is 9.59 Å². The minimum Gasteiger partial charge on any atom is -0.379 e. The molecule has 0 saturated carbocycles. The van der Waals surface area contributed by atoms with Crippen molar-refractivity contribution in [2.45, 2.75) is 26.1 Å². The second-order valence-electron chi connectivity index (χ2n) is 3.38. The molecule has 15 heavy (non-hydrogen) atoms. The van der Waals surface area contributed by atoms with Gasteiger partial charge in [0.25, 0.3) is 0 Å². The van der Waals surface area contributed by atoms with E-state index in [0.29, 0.717) is 13.2 Å². The summed E-state index contributed by atoms with van der Waals surface area (Å²) in [4.78, 5) is 0. The Morgan fingerprint density at radius 3 is 3.33 bits per heavy atom. The van der Waals surface area contributed by atoms with Crippen LogP contribution in [0.5, 0.6) is 0 Å². The Kier molecular flexibility index (Phi) is 3.87. The molecule has 84 valence electrons. The van der Waals surface area contributed by atoms with Crippen LogP contribution in [-0.4, -0.2) is 35.4 Å². The maximum absolute atomic E-state index is 5.67.